The number of ketones is 1. The van der Waals surface area contributed by atoms with Gasteiger partial charge in [-0.2, -0.15) is 0 Å². The second-order valence-corrected chi connectivity index (χ2v) is 4.32. The van der Waals surface area contributed by atoms with Crippen molar-refractivity contribution in [2.24, 2.45) is 5.73 Å². The zero-order valence-corrected chi connectivity index (χ0v) is 11.1. The Kier molecular flexibility index (Phi) is 5.31. The quantitative estimate of drug-likeness (QED) is 0.666. The van der Waals surface area contributed by atoms with Crippen LogP contribution in [0.3, 0.4) is 0 Å². The summed E-state index contributed by atoms with van der Waals surface area (Å²) >= 11 is 3.28. The highest BCUT2D eigenvalue weighted by molar-refractivity contribution is 9.10. The van der Waals surface area contributed by atoms with Crippen LogP contribution in [-0.2, 0) is 9.53 Å². The van der Waals surface area contributed by atoms with E-state index in [2.05, 4.69) is 15.9 Å². The van der Waals surface area contributed by atoms with E-state index in [4.69, 9.17) is 10.5 Å². The van der Waals surface area contributed by atoms with E-state index in [0.29, 0.717) is 10.0 Å². The third kappa shape index (κ3) is 3.94. The third-order valence-electron chi connectivity index (χ3n) is 2.17. The molecule has 92 valence electrons. The highest BCUT2D eigenvalue weighted by atomic mass is 79.9. The molecule has 0 saturated heterocycles. The van der Waals surface area contributed by atoms with Crippen LogP contribution in [-0.4, -0.2) is 24.4 Å². The van der Waals surface area contributed by atoms with Gasteiger partial charge in [-0.25, -0.2) is 0 Å². The predicted molar refractivity (Wildman–Crippen MR) is 67.7 cm³/mol. The lowest BCUT2D eigenvalue weighted by Crippen LogP contribution is -2.34. The molecule has 0 bridgehead atoms. The summed E-state index contributed by atoms with van der Waals surface area (Å²) in [4.78, 5) is 23.2. The fourth-order valence-electron chi connectivity index (χ4n) is 1.33. The molecule has 0 amide bonds. The smallest absolute Gasteiger partial charge is 0.323 e. The highest BCUT2D eigenvalue weighted by Gasteiger charge is 2.20. The fourth-order valence-corrected chi connectivity index (χ4v) is 1.84. The number of carbonyl (C=O) groups is 2. The van der Waals surface area contributed by atoms with E-state index >= 15 is 0 Å². The molecule has 0 spiro atoms. The van der Waals surface area contributed by atoms with E-state index in [1.165, 1.54) is 0 Å². The van der Waals surface area contributed by atoms with E-state index in [1.54, 1.807) is 25.1 Å². The summed E-state index contributed by atoms with van der Waals surface area (Å²) in [5.41, 5.74) is 6.10. The van der Waals surface area contributed by atoms with E-state index in [0.717, 1.165) is 0 Å². The van der Waals surface area contributed by atoms with Crippen molar-refractivity contribution >= 4 is 27.7 Å². The number of hydrogen-bond acceptors (Lipinski definition) is 4. The Morgan fingerprint density at radius 1 is 1.41 bits per heavy atom. The lowest BCUT2D eigenvalue weighted by Gasteiger charge is -2.10. The standard InChI is InChI=1S/C12H14BrNO3/c1-2-17-12(16)10(14)7-11(15)8-5-3-4-6-9(8)13/h3-6,10H,2,7,14H2,1H3. The first-order chi connectivity index (χ1) is 8.06. The predicted octanol–water partition coefficient (Wildman–Crippen LogP) is 1.91. The van der Waals surface area contributed by atoms with Crippen molar-refractivity contribution < 1.29 is 14.3 Å². The van der Waals surface area contributed by atoms with Crippen LogP contribution in [0.25, 0.3) is 0 Å². The molecule has 0 saturated carbocycles. The van der Waals surface area contributed by atoms with Gasteiger partial charge in [-0.1, -0.05) is 34.1 Å². The molecule has 2 N–H and O–H groups in total. The largest absolute Gasteiger partial charge is 0.465 e. The molecule has 1 aromatic carbocycles. The van der Waals surface area contributed by atoms with Gasteiger partial charge < -0.3 is 10.5 Å². The number of esters is 1. The Morgan fingerprint density at radius 2 is 2.06 bits per heavy atom. The molecule has 0 aliphatic carbocycles. The molecule has 1 unspecified atom stereocenters. The maximum absolute atomic E-state index is 11.9. The Morgan fingerprint density at radius 3 is 2.65 bits per heavy atom. The number of rotatable bonds is 5. The number of halogens is 1. The summed E-state index contributed by atoms with van der Waals surface area (Å²) in [5.74, 6) is -0.731. The average Bonchev–Trinajstić information content (AvgIpc) is 2.29. The topological polar surface area (TPSA) is 69.4 Å². The van der Waals surface area contributed by atoms with Crippen molar-refractivity contribution in [3.63, 3.8) is 0 Å². The van der Waals surface area contributed by atoms with Gasteiger partial charge in [-0.3, -0.25) is 9.59 Å². The van der Waals surface area contributed by atoms with Gasteiger partial charge in [0.2, 0.25) is 0 Å². The molecule has 0 aliphatic heterocycles. The summed E-state index contributed by atoms with van der Waals surface area (Å²) < 4.78 is 5.44. The number of ether oxygens (including phenoxy) is 1. The summed E-state index contributed by atoms with van der Waals surface area (Å²) in [6.45, 7) is 1.95. The molecule has 5 heteroatoms. The van der Waals surface area contributed by atoms with Gasteiger partial charge in [0.05, 0.1) is 6.61 Å². The van der Waals surface area contributed by atoms with Crippen LogP contribution in [0, 0.1) is 0 Å². The van der Waals surface area contributed by atoms with Crippen molar-refractivity contribution in [1.82, 2.24) is 0 Å². The van der Waals surface area contributed by atoms with Crippen molar-refractivity contribution in [3.05, 3.63) is 34.3 Å². The summed E-state index contributed by atoms with van der Waals surface area (Å²) in [6, 6.07) is 6.11. The van der Waals surface area contributed by atoms with Crippen molar-refractivity contribution in [2.45, 2.75) is 19.4 Å². The fraction of sp³-hybridized carbons (Fsp3) is 0.333. The van der Waals surface area contributed by atoms with Crippen LogP contribution < -0.4 is 5.73 Å². The SMILES string of the molecule is CCOC(=O)C(N)CC(=O)c1ccccc1Br. The molecule has 4 nitrogen and oxygen atoms in total. The maximum Gasteiger partial charge on any atom is 0.323 e. The number of carbonyl (C=O) groups excluding carboxylic acids is 2. The van der Waals surface area contributed by atoms with Crippen molar-refractivity contribution in [3.8, 4) is 0 Å². The van der Waals surface area contributed by atoms with Gasteiger partial charge in [0.1, 0.15) is 6.04 Å². The molecule has 1 rings (SSSR count). The molecule has 1 aromatic rings. The van der Waals surface area contributed by atoms with Crippen LogP contribution >= 0.6 is 15.9 Å². The van der Waals surface area contributed by atoms with Gasteiger partial charge in [-0.05, 0) is 13.0 Å². The minimum atomic E-state index is -0.908. The maximum atomic E-state index is 11.9. The van der Waals surface area contributed by atoms with Crippen LogP contribution in [0.5, 0.6) is 0 Å². The summed E-state index contributed by atoms with van der Waals surface area (Å²) in [6.07, 6.45) is -0.0541. The number of nitrogens with two attached hydrogens (primary N) is 1. The number of benzene rings is 1. The molecule has 0 aliphatic rings. The Hall–Kier alpha value is -1.20. The third-order valence-corrected chi connectivity index (χ3v) is 2.86. The van der Waals surface area contributed by atoms with Gasteiger partial charge in [0, 0.05) is 16.5 Å². The Labute approximate surface area is 108 Å². The first-order valence-electron chi connectivity index (χ1n) is 5.26. The second kappa shape index (κ2) is 6.51. The van der Waals surface area contributed by atoms with Crippen molar-refractivity contribution in [1.29, 1.82) is 0 Å². The zero-order valence-electron chi connectivity index (χ0n) is 9.48. The lowest BCUT2D eigenvalue weighted by atomic mass is 10.0. The molecule has 1 atom stereocenters. The number of hydrogen-bond donors (Lipinski definition) is 1. The van der Waals surface area contributed by atoms with E-state index < -0.39 is 12.0 Å². The van der Waals surface area contributed by atoms with E-state index in [-0.39, 0.29) is 18.8 Å². The minimum Gasteiger partial charge on any atom is -0.465 e. The Bertz CT molecular complexity index is 420. The number of Topliss-reactive ketones (excluding diaryl/α,β-unsaturated/α-hetero) is 1. The monoisotopic (exact) mass is 299 g/mol. The molecular formula is C12H14BrNO3. The first kappa shape index (κ1) is 13.9. The van der Waals surface area contributed by atoms with Gasteiger partial charge in [0.25, 0.3) is 0 Å². The molecule has 17 heavy (non-hydrogen) atoms. The normalized spacial score (nSPS) is 11.9. The van der Waals surface area contributed by atoms with Gasteiger partial charge in [0.15, 0.2) is 5.78 Å². The van der Waals surface area contributed by atoms with Crippen LogP contribution in [0.15, 0.2) is 28.7 Å². The average molecular weight is 300 g/mol. The lowest BCUT2D eigenvalue weighted by molar-refractivity contribution is -0.144. The molecular weight excluding hydrogens is 286 g/mol. The van der Waals surface area contributed by atoms with E-state index in [1.807, 2.05) is 6.07 Å². The second-order valence-electron chi connectivity index (χ2n) is 3.47. The Balaban J connectivity index is 2.67. The molecule has 0 heterocycles. The van der Waals surface area contributed by atoms with Gasteiger partial charge >= 0.3 is 5.97 Å². The summed E-state index contributed by atoms with van der Waals surface area (Å²) in [7, 11) is 0. The molecule has 0 fully saturated rings. The van der Waals surface area contributed by atoms with E-state index in [9.17, 15) is 9.59 Å². The molecule has 0 radical (unpaired) electrons. The summed E-state index contributed by atoms with van der Waals surface area (Å²) in [5, 5.41) is 0. The van der Waals surface area contributed by atoms with Crippen LogP contribution in [0.4, 0.5) is 0 Å². The highest BCUT2D eigenvalue weighted by Crippen LogP contribution is 2.18. The minimum absolute atomic E-state index is 0.0541. The van der Waals surface area contributed by atoms with Crippen molar-refractivity contribution in [2.75, 3.05) is 6.61 Å². The van der Waals surface area contributed by atoms with Crippen LogP contribution in [0.2, 0.25) is 0 Å². The van der Waals surface area contributed by atoms with Gasteiger partial charge in [-0.15, -0.1) is 0 Å². The zero-order chi connectivity index (χ0) is 12.8. The first-order valence-corrected chi connectivity index (χ1v) is 6.05. The molecule has 0 aromatic heterocycles. The van der Waals surface area contributed by atoms with Crippen LogP contribution in [0.1, 0.15) is 23.7 Å².